The monoisotopic (exact) mass is 272 g/mol. The van der Waals surface area contributed by atoms with Crippen molar-refractivity contribution in [3.05, 3.63) is 42.0 Å². The SMILES string of the molecule is CC(C)NCC1CCN(CC=Cc2ccccc2)CC1. The molecule has 0 amide bonds. The summed E-state index contributed by atoms with van der Waals surface area (Å²) in [4.78, 5) is 2.56. The van der Waals surface area contributed by atoms with Gasteiger partial charge >= 0.3 is 0 Å². The minimum Gasteiger partial charge on any atom is -0.314 e. The van der Waals surface area contributed by atoms with E-state index in [1.807, 2.05) is 0 Å². The summed E-state index contributed by atoms with van der Waals surface area (Å²) in [6.45, 7) is 9.20. The molecule has 0 bridgehead atoms. The standard InChI is InChI=1S/C18H28N2/c1-16(2)19-15-18-10-13-20(14-11-18)12-6-9-17-7-4-3-5-8-17/h3-9,16,18-19H,10-15H2,1-2H3. The summed E-state index contributed by atoms with van der Waals surface area (Å²) < 4.78 is 0. The van der Waals surface area contributed by atoms with Crippen LogP contribution < -0.4 is 5.32 Å². The van der Waals surface area contributed by atoms with Crippen molar-refractivity contribution in [1.29, 1.82) is 0 Å². The number of nitrogens with one attached hydrogen (secondary N) is 1. The second-order valence-corrected chi connectivity index (χ2v) is 6.12. The lowest BCUT2D eigenvalue weighted by Crippen LogP contribution is -2.38. The quantitative estimate of drug-likeness (QED) is 0.853. The van der Waals surface area contributed by atoms with E-state index in [0.29, 0.717) is 6.04 Å². The zero-order chi connectivity index (χ0) is 14.2. The molecule has 1 fully saturated rings. The fraction of sp³-hybridized carbons (Fsp3) is 0.556. The van der Waals surface area contributed by atoms with Crippen LogP contribution in [0.1, 0.15) is 32.3 Å². The minimum absolute atomic E-state index is 0.613. The van der Waals surface area contributed by atoms with Gasteiger partial charge in [0.15, 0.2) is 0 Å². The Balaban J connectivity index is 1.66. The molecule has 1 aliphatic heterocycles. The van der Waals surface area contributed by atoms with E-state index in [9.17, 15) is 0 Å². The molecule has 1 heterocycles. The average Bonchev–Trinajstić information content (AvgIpc) is 2.47. The Morgan fingerprint density at radius 3 is 2.55 bits per heavy atom. The number of nitrogens with zero attached hydrogens (tertiary/aromatic N) is 1. The number of piperidine rings is 1. The first-order chi connectivity index (χ1) is 9.74. The molecule has 1 saturated heterocycles. The molecule has 2 heteroatoms. The predicted octanol–water partition coefficient (Wildman–Crippen LogP) is 3.41. The summed E-state index contributed by atoms with van der Waals surface area (Å²) in [6.07, 6.45) is 7.19. The molecule has 0 aromatic heterocycles. The molecule has 0 atom stereocenters. The predicted molar refractivity (Wildman–Crippen MR) is 87.8 cm³/mol. The van der Waals surface area contributed by atoms with Gasteiger partial charge in [-0.2, -0.15) is 0 Å². The van der Waals surface area contributed by atoms with Crippen molar-refractivity contribution in [1.82, 2.24) is 10.2 Å². The first kappa shape index (κ1) is 15.3. The van der Waals surface area contributed by atoms with E-state index < -0.39 is 0 Å². The topological polar surface area (TPSA) is 15.3 Å². The second kappa shape index (κ2) is 8.23. The summed E-state index contributed by atoms with van der Waals surface area (Å²) >= 11 is 0. The molecule has 0 radical (unpaired) electrons. The fourth-order valence-electron chi connectivity index (χ4n) is 2.68. The van der Waals surface area contributed by atoms with Gasteiger partial charge in [0.25, 0.3) is 0 Å². The molecule has 1 aromatic carbocycles. The van der Waals surface area contributed by atoms with Crippen LogP contribution in [-0.4, -0.2) is 37.1 Å². The van der Waals surface area contributed by atoms with Crippen LogP contribution in [0.15, 0.2) is 36.4 Å². The van der Waals surface area contributed by atoms with E-state index in [2.05, 4.69) is 66.5 Å². The van der Waals surface area contributed by atoms with Crippen molar-refractivity contribution in [2.75, 3.05) is 26.2 Å². The third-order valence-corrected chi connectivity index (χ3v) is 4.00. The zero-order valence-corrected chi connectivity index (χ0v) is 12.9. The Labute approximate surface area is 123 Å². The van der Waals surface area contributed by atoms with Crippen molar-refractivity contribution in [2.24, 2.45) is 5.92 Å². The van der Waals surface area contributed by atoms with Crippen LogP contribution >= 0.6 is 0 Å². The highest BCUT2D eigenvalue weighted by Crippen LogP contribution is 2.16. The first-order valence-corrected chi connectivity index (χ1v) is 7.91. The van der Waals surface area contributed by atoms with Gasteiger partial charge in [-0.3, -0.25) is 4.90 Å². The maximum Gasteiger partial charge on any atom is 0.0166 e. The van der Waals surface area contributed by atoms with E-state index in [0.717, 1.165) is 12.5 Å². The van der Waals surface area contributed by atoms with Crippen LogP contribution in [0.25, 0.3) is 6.08 Å². The second-order valence-electron chi connectivity index (χ2n) is 6.12. The molecule has 110 valence electrons. The van der Waals surface area contributed by atoms with E-state index in [1.54, 1.807) is 0 Å². The summed E-state index contributed by atoms with van der Waals surface area (Å²) in [7, 11) is 0. The third kappa shape index (κ3) is 5.48. The third-order valence-electron chi connectivity index (χ3n) is 4.00. The number of hydrogen-bond donors (Lipinski definition) is 1. The van der Waals surface area contributed by atoms with Crippen molar-refractivity contribution in [3.63, 3.8) is 0 Å². The van der Waals surface area contributed by atoms with Gasteiger partial charge in [0.1, 0.15) is 0 Å². The van der Waals surface area contributed by atoms with E-state index in [1.165, 1.54) is 38.0 Å². The summed E-state index contributed by atoms with van der Waals surface area (Å²) in [5.41, 5.74) is 1.29. The molecular formula is C18H28N2. The van der Waals surface area contributed by atoms with Crippen LogP contribution in [0.4, 0.5) is 0 Å². The highest BCUT2D eigenvalue weighted by Gasteiger charge is 2.17. The van der Waals surface area contributed by atoms with Gasteiger partial charge in [-0.15, -0.1) is 0 Å². The lowest BCUT2D eigenvalue weighted by atomic mass is 9.96. The van der Waals surface area contributed by atoms with Gasteiger partial charge in [-0.1, -0.05) is 56.3 Å². The minimum atomic E-state index is 0.613. The average molecular weight is 272 g/mol. The van der Waals surface area contributed by atoms with Crippen molar-refractivity contribution >= 4 is 6.08 Å². The maximum atomic E-state index is 3.56. The van der Waals surface area contributed by atoms with Crippen LogP contribution in [0.2, 0.25) is 0 Å². The molecule has 20 heavy (non-hydrogen) atoms. The van der Waals surface area contributed by atoms with Crippen LogP contribution in [-0.2, 0) is 0 Å². The molecule has 0 aliphatic carbocycles. The Morgan fingerprint density at radius 2 is 1.90 bits per heavy atom. The van der Waals surface area contributed by atoms with Crippen molar-refractivity contribution in [3.8, 4) is 0 Å². The number of rotatable bonds is 6. The summed E-state index contributed by atoms with van der Waals surface area (Å²) in [5, 5.41) is 3.56. The van der Waals surface area contributed by atoms with Crippen molar-refractivity contribution in [2.45, 2.75) is 32.7 Å². The molecule has 0 saturated carbocycles. The molecule has 1 aromatic rings. The first-order valence-electron chi connectivity index (χ1n) is 7.91. The fourth-order valence-corrected chi connectivity index (χ4v) is 2.68. The summed E-state index contributed by atoms with van der Waals surface area (Å²) in [6, 6.07) is 11.2. The number of likely N-dealkylation sites (tertiary alicyclic amines) is 1. The lowest BCUT2D eigenvalue weighted by molar-refractivity contribution is 0.196. The molecule has 1 N–H and O–H groups in total. The smallest absolute Gasteiger partial charge is 0.0166 e. The van der Waals surface area contributed by atoms with Crippen LogP contribution in [0, 0.1) is 5.92 Å². The Hall–Kier alpha value is -1.12. The van der Waals surface area contributed by atoms with Gasteiger partial charge < -0.3 is 5.32 Å². The Bertz CT molecular complexity index is 389. The molecule has 1 aliphatic rings. The zero-order valence-electron chi connectivity index (χ0n) is 12.9. The highest BCUT2D eigenvalue weighted by molar-refractivity contribution is 5.48. The molecule has 0 spiro atoms. The normalized spacial score (nSPS) is 18.1. The van der Waals surface area contributed by atoms with Crippen LogP contribution in [0.3, 0.4) is 0 Å². The van der Waals surface area contributed by atoms with E-state index >= 15 is 0 Å². The Morgan fingerprint density at radius 1 is 1.20 bits per heavy atom. The summed E-state index contributed by atoms with van der Waals surface area (Å²) in [5.74, 6) is 0.867. The van der Waals surface area contributed by atoms with Gasteiger partial charge in [0, 0.05) is 12.6 Å². The van der Waals surface area contributed by atoms with Crippen LogP contribution in [0.5, 0.6) is 0 Å². The van der Waals surface area contributed by atoms with E-state index in [4.69, 9.17) is 0 Å². The maximum absolute atomic E-state index is 3.56. The van der Waals surface area contributed by atoms with E-state index in [-0.39, 0.29) is 0 Å². The molecule has 0 unspecified atom stereocenters. The van der Waals surface area contributed by atoms with Gasteiger partial charge in [-0.05, 0) is 44.0 Å². The largest absolute Gasteiger partial charge is 0.314 e. The number of benzene rings is 1. The number of hydrogen-bond acceptors (Lipinski definition) is 2. The highest BCUT2D eigenvalue weighted by atomic mass is 15.1. The Kier molecular flexibility index (Phi) is 6.28. The van der Waals surface area contributed by atoms with Gasteiger partial charge in [-0.25, -0.2) is 0 Å². The van der Waals surface area contributed by atoms with Gasteiger partial charge in [0.05, 0.1) is 0 Å². The molecule has 2 rings (SSSR count). The molecular weight excluding hydrogens is 244 g/mol. The van der Waals surface area contributed by atoms with Gasteiger partial charge in [0.2, 0.25) is 0 Å². The van der Waals surface area contributed by atoms with Crippen molar-refractivity contribution < 1.29 is 0 Å². The molecule has 2 nitrogen and oxygen atoms in total. The lowest BCUT2D eigenvalue weighted by Gasteiger charge is -2.31.